The molecule has 0 aliphatic heterocycles. The highest BCUT2D eigenvalue weighted by Gasteiger charge is 2.22. The molecule has 1 N–H and O–H groups in total. The molecule has 0 aliphatic rings. The molecule has 140 valence electrons. The summed E-state index contributed by atoms with van der Waals surface area (Å²) in [6.07, 6.45) is -0.747. The van der Waals surface area contributed by atoms with Gasteiger partial charge in [0, 0.05) is 7.14 Å². The van der Waals surface area contributed by atoms with Gasteiger partial charge in [0.15, 0.2) is 0 Å². The van der Waals surface area contributed by atoms with Crippen molar-refractivity contribution >= 4 is 73.0 Å². The van der Waals surface area contributed by atoms with Crippen LogP contribution in [-0.4, -0.2) is 43.0 Å². The number of amides is 1. The maximum atomic E-state index is 12.2. The van der Waals surface area contributed by atoms with Crippen LogP contribution in [-0.2, 0) is 19.6 Å². The minimum absolute atomic E-state index is 0.0328. The Kier molecular flexibility index (Phi) is 7.89. The van der Waals surface area contributed by atoms with Crippen molar-refractivity contribution in [3.63, 3.8) is 0 Å². The number of anilines is 1. The third-order valence-corrected chi connectivity index (χ3v) is 4.61. The first-order valence-corrected chi connectivity index (χ1v) is 10.6. The van der Waals surface area contributed by atoms with Gasteiger partial charge in [0.05, 0.1) is 27.1 Å². The van der Waals surface area contributed by atoms with Crippen LogP contribution in [0.15, 0.2) is 12.1 Å². The van der Waals surface area contributed by atoms with E-state index < -0.39 is 40.1 Å². The quantitative estimate of drug-likeness (QED) is 0.315. The fourth-order valence-corrected chi connectivity index (χ4v) is 3.85. The van der Waals surface area contributed by atoms with Crippen molar-refractivity contribution in [3.05, 3.63) is 24.8 Å². The fraction of sp³-hybridized carbons (Fsp3) is 0.429. The molecular weight excluding hydrogens is 580 g/mol. The molecule has 1 rings (SSSR count). The van der Waals surface area contributed by atoms with Gasteiger partial charge in [0.1, 0.15) is 12.2 Å². The summed E-state index contributed by atoms with van der Waals surface area (Å²) in [4.78, 5) is 24.2. The average molecular weight is 596 g/mol. The Morgan fingerprint density at radius 2 is 1.84 bits per heavy atom. The van der Waals surface area contributed by atoms with Gasteiger partial charge in [0.25, 0.3) is 0 Å². The summed E-state index contributed by atoms with van der Waals surface area (Å²) in [6, 6.07) is 3.20. The standard InChI is InChI=1S/C14H17I2NO7S/c1-14(2,3)24-13(19)17-11-9(6-8(15)7-10(11)16)12(18)23-4-5-25(20,21)22/h6-7H,4-5H2,1-3H3,(H,17,19)(H,20,21,22)/p-1. The molecular formula is C14H16I2NO7S-. The smallest absolute Gasteiger partial charge is 0.412 e. The maximum absolute atomic E-state index is 12.2. The predicted octanol–water partition coefficient (Wildman–Crippen LogP) is 2.94. The van der Waals surface area contributed by atoms with E-state index >= 15 is 0 Å². The van der Waals surface area contributed by atoms with E-state index in [-0.39, 0.29) is 11.3 Å². The number of ether oxygens (including phenoxy) is 2. The number of nitrogens with one attached hydrogen (secondary N) is 1. The first-order valence-electron chi connectivity index (χ1n) is 6.88. The van der Waals surface area contributed by atoms with Gasteiger partial charge in [-0.15, -0.1) is 0 Å². The molecule has 0 atom stereocenters. The molecule has 0 heterocycles. The largest absolute Gasteiger partial charge is 0.748 e. The molecule has 1 aromatic rings. The van der Waals surface area contributed by atoms with Crippen LogP contribution in [0.25, 0.3) is 0 Å². The van der Waals surface area contributed by atoms with Gasteiger partial charge in [0.2, 0.25) is 0 Å². The molecule has 0 saturated carbocycles. The molecule has 0 saturated heterocycles. The molecule has 0 spiro atoms. The number of halogens is 2. The molecule has 0 aromatic heterocycles. The normalized spacial score (nSPS) is 11.8. The summed E-state index contributed by atoms with van der Waals surface area (Å²) in [5.41, 5.74) is -0.502. The van der Waals surface area contributed by atoms with Gasteiger partial charge in [-0.3, -0.25) is 5.32 Å². The Balaban J connectivity index is 3.02. The second-order valence-corrected chi connectivity index (χ2v) is 9.77. The van der Waals surface area contributed by atoms with Crippen molar-refractivity contribution in [2.24, 2.45) is 0 Å². The Morgan fingerprint density at radius 1 is 1.24 bits per heavy atom. The molecule has 25 heavy (non-hydrogen) atoms. The molecule has 1 amide bonds. The van der Waals surface area contributed by atoms with Crippen LogP contribution in [0.5, 0.6) is 0 Å². The van der Waals surface area contributed by atoms with E-state index in [1.54, 1.807) is 26.8 Å². The number of carbonyl (C=O) groups excluding carboxylic acids is 2. The van der Waals surface area contributed by atoms with Crippen molar-refractivity contribution in [2.75, 3.05) is 17.7 Å². The SMILES string of the molecule is CC(C)(C)OC(=O)Nc1c(I)cc(I)cc1C(=O)OCCS(=O)(=O)[O-]. The lowest BCUT2D eigenvalue weighted by Gasteiger charge is -2.21. The third kappa shape index (κ3) is 8.50. The first kappa shape index (κ1) is 22.4. The monoisotopic (exact) mass is 596 g/mol. The summed E-state index contributed by atoms with van der Waals surface area (Å²) in [6.45, 7) is 4.52. The molecule has 0 fully saturated rings. The summed E-state index contributed by atoms with van der Waals surface area (Å²) in [7, 11) is -4.49. The Labute approximate surface area is 173 Å². The van der Waals surface area contributed by atoms with Crippen LogP contribution in [0.2, 0.25) is 0 Å². The number of rotatable bonds is 5. The lowest BCUT2D eigenvalue weighted by molar-refractivity contribution is 0.0529. The zero-order chi connectivity index (χ0) is 19.4. The second-order valence-electron chi connectivity index (χ2n) is 5.83. The molecule has 11 heteroatoms. The van der Waals surface area contributed by atoms with Crippen molar-refractivity contribution in [3.8, 4) is 0 Å². The minimum Gasteiger partial charge on any atom is -0.748 e. The maximum Gasteiger partial charge on any atom is 0.412 e. The van der Waals surface area contributed by atoms with Crippen LogP contribution in [0.4, 0.5) is 10.5 Å². The van der Waals surface area contributed by atoms with Crippen molar-refractivity contribution in [1.82, 2.24) is 0 Å². The van der Waals surface area contributed by atoms with Crippen LogP contribution < -0.4 is 5.32 Å². The zero-order valence-corrected chi connectivity index (χ0v) is 18.7. The summed E-state index contributed by atoms with van der Waals surface area (Å²) >= 11 is 3.92. The van der Waals surface area contributed by atoms with Gasteiger partial charge in [-0.25, -0.2) is 18.0 Å². The van der Waals surface area contributed by atoms with E-state index in [2.05, 4.69) is 5.32 Å². The number of esters is 1. The number of carbonyl (C=O) groups is 2. The Bertz CT molecular complexity index is 772. The number of benzene rings is 1. The fourth-order valence-electron chi connectivity index (χ4n) is 1.58. The first-order chi connectivity index (χ1) is 11.3. The molecule has 0 radical (unpaired) electrons. The molecule has 0 aliphatic carbocycles. The highest BCUT2D eigenvalue weighted by molar-refractivity contribution is 14.1. The second kappa shape index (κ2) is 8.81. The van der Waals surface area contributed by atoms with Gasteiger partial charge in [-0.1, -0.05) is 0 Å². The summed E-state index contributed by atoms with van der Waals surface area (Å²) < 4.78 is 43.0. The van der Waals surface area contributed by atoms with Crippen LogP contribution in [0, 0.1) is 7.14 Å². The topological polar surface area (TPSA) is 122 Å². The van der Waals surface area contributed by atoms with Crippen LogP contribution in [0.3, 0.4) is 0 Å². The predicted molar refractivity (Wildman–Crippen MR) is 107 cm³/mol. The van der Waals surface area contributed by atoms with E-state index in [0.29, 0.717) is 7.14 Å². The van der Waals surface area contributed by atoms with E-state index in [4.69, 9.17) is 9.47 Å². The van der Waals surface area contributed by atoms with Gasteiger partial charge >= 0.3 is 12.1 Å². The highest BCUT2D eigenvalue weighted by atomic mass is 127. The lowest BCUT2D eigenvalue weighted by Crippen LogP contribution is -2.28. The van der Waals surface area contributed by atoms with Crippen molar-refractivity contribution in [2.45, 2.75) is 26.4 Å². The van der Waals surface area contributed by atoms with Gasteiger partial charge < -0.3 is 14.0 Å². The van der Waals surface area contributed by atoms with Gasteiger partial charge in [-0.05, 0) is 78.1 Å². The van der Waals surface area contributed by atoms with E-state index in [1.807, 2.05) is 45.2 Å². The Morgan fingerprint density at radius 3 is 2.36 bits per heavy atom. The third-order valence-electron chi connectivity index (χ3n) is 2.47. The van der Waals surface area contributed by atoms with E-state index in [0.717, 1.165) is 0 Å². The minimum atomic E-state index is -4.49. The Hall–Kier alpha value is -0.670. The van der Waals surface area contributed by atoms with Crippen molar-refractivity contribution < 1.29 is 32.0 Å². The number of hydrogen-bond acceptors (Lipinski definition) is 7. The van der Waals surface area contributed by atoms with Gasteiger partial charge in [-0.2, -0.15) is 0 Å². The van der Waals surface area contributed by atoms with Crippen LogP contribution >= 0.6 is 45.2 Å². The van der Waals surface area contributed by atoms with E-state index in [1.165, 1.54) is 6.07 Å². The van der Waals surface area contributed by atoms with Crippen molar-refractivity contribution in [1.29, 1.82) is 0 Å². The molecule has 8 nitrogen and oxygen atoms in total. The summed E-state index contributed by atoms with van der Waals surface area (Å²) in [5, 5.41) is 2.50. The number of hydrogen-bond donors (Lipinski definition) is 1. The molecule has 1 aromatic carbocycles. The zero-order valence-electron chi connectivity index (χ0n) is 13.6. The van der Waals surface area contributed by atoms with Crippen LogP contribution in [0.1, 0.15) is 31.1 Å². The molecule has 0 bridgehead atoms. The molecule has 0 unspecified atom stereocenters. The lowest BCUT2D eigenvalue weighted by atomic mass is 10.2. The average Bonchev–Trinajstić information content (AvgIpc) is 2.37. The van der Waals surface area contributed by atoms with E-state index in [9.17, 15) is 22.6 Å². The highest BCUT2D eigenvalue weighted by Crippen LogP contribution is 2.27. The summed E-state index contributed by atoms with van der Waals surface area (Å²) in [5.74, 6) is -1.68.